The monoisotopic (exact) mass is 486 g/mol. The van der Waals surface area contributed by atoms with Crippen LogP contribution >= 0.6 is 15.9 Å². The Balaban J connectivity index is 1.94. The molecular formula is C17H8BrF5N6O. The molecule has 1 heterocycles. The number of benzene rings is 2. The standard InChI is InChI=1S/C17H8BrF5N6O/c18-10-1-2-14(13(5-10)25-7-8(6-24)16-26-28-29-27-16)30-15-11(19)3-9(4-12(15)20)17(21,22)23/h1-5,7,25H,(H,26,27,28,29). The number of halogens is 6. The van der Waals surface area contributed by atoms with Crippen LogP contribution in [0.25, 0.3) is 5.57 Å². The van der Waals surface area contributed by atoms with E-state index in [1.54, 1.807) is 0 Å². The summed E-state index contributed by atoms with van der Waals surface area (Å²) in [6, 6.07) is 6.35. The van der Waals surface area contributed by atoms with Crippen LogP contribution in [0.15, 0.2) is 41.0 Å². The molecule has 0 unspecified atom stereocenters. The van der Waals surface area contributed by atoms with Gasteiger partial charge < -0.3 is 10.1 Å². The molecule has 154 valence electrons. The van der Waals surface area contributed by atoms with Gasteiger partial charge in [-0.05, 0) is 35.5 Å². The minimum Gasteiger partial charge on any atom is -0.449 e. The number of H-pyrrole nitrogens is 1. The van der Waals surface area contributed by atoms with Gasteiger partial charge in [0, 0.05) is 10.7 Å². The fourth-order valence-corrected chi connectivity index (χ4v) is 2.57. The number of hydrogen-bond donors (Lipinski definition) is 2. The summed E-state index contributed by atoms with van der Waals surface area (Å²) < 4.78 is 72.1. The van der Waals surface area contributed by atoms with Crippen molar-refractivity contribution in [3.8, 4) is 17.6 Å². The second-order valence-corrected chi connectivity index (χ2v) is 6.47. The third kappa shape index (κ3) is 4.71. The first kappa shape index (κ1) is 21.2. The van der Waals surface area contributed by atoms with Crippen LogP contribution in [0, 0.1) is 23.0 Å². The maximum absolute atomic E-state index is 14.1. The van der Waals surface area contributed by atoms with Crippen LogP contribution in [0.3, 0.4) is 0 Å². The fraction of sp³-hybridized carbons (Fsp3) is 0.0588. The van der Waals surface area contributed by atoms with E-state index in [0.29, 0.717) is 4.47 Å². The summed E-state index contributed by atoms with van der Waals surface area (Å²) >= 11 is 3.21. The first-order chi connectivity index (χ1) is 14.2. The molecule has 2 N–H and O–H groups in total. The van der Waals surface area contributed by atoms with Gasteiger partial charge in [-0.3, -0.25) is 0 Å². The van der Waals surface area contributed by atoms with E-state index in [0.717, 1.165) is 0 Å². The number of ether oxygens (including phenoxy) is 1. The Morgan fingerprint density at radius 2 is 1.90 bits per heavy atom. The number of rotatable bonds is 5. The lowest BCUT2D eigenvalue weighted by atomic mass is 10.2. The molecule has 0 aliphatic heterocycles. The third-order valence-corrected chi connectivity index (χ3v) is 4.05. The van der Waals surface area contributed by atoms with Crippen LogP contribution in [0.4, 0.5) is 27.6 Å². The van der Waals surface area contributed by atoms with E-state index in [9.17, 15) is 27.2 Å². The van der Waals surface area contributed by atoms with E-state index in [1.165, 1.54) is 24.4 Å². The summed E-state index contributed by atoms with van der Waals surface area (Å²) in [6.45, 7) is 0. The van der Waals surface area contributed by atoms with E-state index in [4.69, 9.17) is 4.74 Å². The highest BCUT2D eigenvalue weighted by atomic mass is 79.9. The Morgan fingerprint density at radius 3 is 2.47 bits per heavy atom. The summed E-state index contributed by atoms with van der Waals surface area (Å²) in [4.78, 5) is 0. The number of nitriles is 1. The molecule has 1 aromatic heterocycles. The van der Waals surface area contributed by atoms with Crippen molar-refractivity contribution in [3.05, 3.63) is 64.0 Å². The van der Waals surface area contributed by atoms with Crippen molar-refractivity contribution in [2.75, 3.05) is 5.32 Å². The molecule has 3 aromatic rings. The molecular weight excluding hydrogens is 479 g/mol. The zero-order chi connectivity index (χ0) is 21.9. The average molecular weight is 487 g/mol. The topological polar surface area (TPSA) is 99.5 Å². The molecule has 30 heavy (non-hydrogen) atoms. The van der Waals surface area contributed by atoms with Crippen LogP contribution < -0.4 is 10.1 Å². The van der Waals surface area contributed by atoms with E-state index in [-0.39, 0.29) is 35.0 Å². The number of allylic oxidation sites excluding steroid dienone is 1. The smallest absolute Gasteiger partial charge is 0.416 e. The van der Waals surface area contributed by atoms with Gasteiger partial charge in [-0.25, -0.2) is 8.78 Å². The van der Waals surface area contributed by atoms with Crippen LogP contribution in [0.2, 0.25) is 0 Å². The van der Waals surface area contributed by atoms with Gasteiger partial charge in [-0.2, -0.15) is 23.6 Å². The number of aromatic amines is 1. The zero-order valence-corrected chi connectivity index (χ0v) is 16.0. The molecule has 2 aromatic carbocycles. The summed E-state index contributed by atoms with van der Waals surface area (Å²) in [6.07, 6.45) is -3.73. The highest BCUT2D eigenvalue weighted by Gasteiger charge is 2.33. The first-order valence-electron chi connectivity index (χ1n) is 7.83. The molecule has 0 spiro atoms. The normalized spacial score (nSPS) is 11.8. The Bertz CT molecular complexity index is 1120. The molecule has 0 saturated heterocycles. The predicted molar refractivity (Wildman–Crippen MR) is 97.0 cm³/mol. The van der Waals surface area contributed by atoms with Crippen molar-refractivity contribution >= 4 is 27.2 Å². The van der Waals surface area contributed by atoms with Crippen molar-refractivity contribution in [3.63, 3.8) is 0 Å². The minimum atomic E-state index is -4.92. The first-order valence-corrected chi connectivity index (χ1v) is 8.62. The predicted octanol–water partition coefficient (Wildman–Crippen LogP) is 5.03. The van der Waals surface area contributed by atoms with Crippen molar-refractivity contribution in [1.82, 2.24) is 20.6 Å². The van der Waals surface area contributed by atoms with Crippen molar-refractivity contribution in [2.24, 2.45) is 0 Å². The number of anilines is 1. The fourth-order valence-electron chi connectivity index (χ4n) is 2.21. The van der Waals surface area contributed by atoms with Gasteiger partial charge in [0.1, 0.15) is 11.6 Å². The molecule has 0 amide bonds. The molecule has 7 nitrogen and oxygen atoms in total. The van der Waals surface area contributed by atoms with E-state index in [2.05, 4.69) is 41.9 Å². The van der Waals surface area contributed by atoms with Crippen molar-refractivity contribution in [2.45, 2.75) is 6.18 Å². The lowest BCUT2D eigenvalue weighted by molar-refractivity contribution is -0.138. The number of hydrogen-bond acceptors (Lipinski definition) is 6. The lowest BCUT2D eigenvalue weighted by Gasteiger charge is -2.14. The highest BCUT2D eigenvalue weighted by molar-refractivity contribution is 9.10. The minimum absolute atomic E-state index is 0.0118. The van der Waals surface area contributed by atoms with Crippen LogP contribution in [-0.2, 0) is 6.18 Å². The molecule has 0 atom stereocenters. The molecule has 0 fully saturated rings. The highest BCUT2D eigenvalue weighted by Crippen LogP contribution is 2.38. The second-order valence-electron chi connectivity index (χ2n) is 5.56. The van der Waals surface area contributed by atoms with Crippen LogP contribution in [0.5, 0.6) is 11.5 Å². The molecule has 0 aliphatic rings. The maximum Gasteiger partial charge on any atom is 0.416 e. The number of tetrazole rings is 1. The molecule has 0 saturated carbocycles. The number of nitrogens with zero attached hydrogens (tertiary/aromatic N) is 4. The largest absolute Gasteiger partial charge is 0.449 e. The number of aromatic nitrogens is 4. The number of alkyl halides is 3. The molecule has 0 aliphatic carbocycles. The van der Waals surface area contributed by atoms with Gasteiger partial charge in [0.2, 0.25) is 5.82 Å². The molecule has 3 rings (SSSR count). The van der Waals surface area contributed by atoms with Crippen molar-refractivity contribution in [1.29, 1.82) is 5.26 Å². The Hall–Kier alpha value is -3.53. The van der Waals surface area contributed by atoms with E-state index in [1.807, 2.05) is 6.07 Å². The quantitative estimate of drug-likeness (QED) is 0.387. The lowest BCUT2D eigenvalue weighted by Crippen LogP contribution is -2.07. The van der Waals surface area contributed by atoms with Crippen LogP contribution in [0.1, 0.15) is 11.4 Å². The molecule has 13 heteroatoms. The Labute approximate surface area is 173 Å². The molecule has 0 radical (unpaired) electrons. The Kier molecular flexibility index (Phi) is 5.97. The average Bonchev–Trinajstić information content (AvgIpc) is 3.20. The van der Waals surface area contributed by atoms with Gasteiger partial charge in [0.15, 0.2) is 23.1 Å². The van der Waals surface area contributed by atoms with Crippen LogP contribution in [-0.4, -0.2) is 20.6 Å². The van der Waals surface area contributed by atoms with E-state index < -0.39 is 29.1 Å². The SMILES string of the molecule is N#CC(=CNc1cc(Br)ccc1Oc1c(F)cc(C(F)(F)F)cc1F)c1nn[nH]n1. The third-order valence-electron chi connectivity index (χ3n) is 3.56. The summed E-state index contributed by atoms with van der Waals surface area (Å²) in [5, 5.41) is 24.7. The second kappa shape index (κ2) is 8.46. The van der Waals surface area contributed by atoms with Gasteiger partial charge in [0.25, 0.3) is 0 Å². The summed E-state index contributed by atoms with van der Waals surface area (Å²) in [7, 11) is 0. The maximum atomic E-state index is 14.1. The zero-order valence-electron chi connectivity index (χ0n) is 14.4. The van der Waals surface area contributed by atoms with Gasteiger partial charge in [0.05, 0.1) is 11.3 Å². The van der Waals surface area contributed by atoms with Gasteiger partial charge in [-0.15, -0.1) is 10.2 Å². The summed E-state index contributed by atoms with van der Waals surface area (Å²) in [5.74, 6) is -4.22. The summed E-state index contributed by atoms with van der Waals surface area (Å²) in [5.41, 5.74) is -1.37. The van der Waals surface area contributed by atoms with Crippen molar-refractivity contribution < 1.29 is 26.7 Å². The molecule has 0 bridgehead atoms. The van der Waals surface area contributed by atoms with Gasteiger partial charge in [-0.1, -0.05) is 15.9 Å². The van der Waals surface area contributed by atoms with Gasteiger partial charge >= 0.3 is 6.18 Å². The number of nitrogens with one attached hydrogen (secondary N) is 2. The van der Waals surface area contributed by atoms with E-state index >= 15 is 0 Å². The Morgan fingerprint density at radius 1 is 1.20 bits per heavy atom.